The Labute approximate surface area is 285 Å². The molecule has 1 atom stereocenters. The molecule has 1 aromatic carbocycles. The average molecular weight is 656 g/mol. The molecule has 4 aliphatic rings. The summed E-state index contributed by atoms with van der Waals surface area (Å²) in [4.78, 5) is 31.2. The molecule has 7 rings (SSSR count). The number of alkyl carbamates (subject to hydrolysis) is 1. The molecule has 9 nitrogen and oxygen atoms in total. The Hall–Kier alpha value is -3.88. The molecule has 258 valence electrons. The third-order valence-electron chi connectivity index (χ3n) is 11.5. The zero-order valence-electron chi connectivity index (χ0n) is 29.6. The molecule has 0 radical (unpaired) electrons. The third-order valence-corrected chi connectivity index (χ3v) is 11.5. The normalized spacial score (nSPS) is 25.9. The van der Waals surface area contributed by atoms with Crippen LogP contribution in [-0.2, 0) is 14.9 Å². The number of benzene rings is 1. The number of pyridine rings is 1. The van der Waals surface area contributed by atoms with Crippen molar-refractivity contribution in [3.05, 3.63) is 65.7 Å². The predicted octanol–water partition coefficient (Wildman–Crippen LogP) is 7.99. The van der Waals surface area contributed by atoms with Crippen LogP contribution in [0.2, 0.25) is 0 Å². The van der Waals surface area contributed by atoms with Crippen LogP contribution in [0.5, 0.6) is 5.75 Å². The van der Waals surface area contributed by atoms with Crippen molar-refractivity contribution in [3.8, 4) is 16.9 Å². The number of fused-ring (bicyclic) bond motifs is 3. The number of methoxy groups -OCH3 is 1. The van der Waals surface area contributed by atoms with Crippen molar-refractivity contribution in [1.29, 1.82) is 0 Å². The standard InChI is InChI=1S/C39H53N5O4/c1-25(2)44-24-30(23-41-44)29-13-20-40-33(22-29)35(43-36(45)28-7-10-32(11-8-28)42-37(46)48-26(3)4)39-17-14-38(15-18-39,16-19-39)31-9-12-34(47-6)27(5)21-31/h9,12-13,20-26,28,32,35H,7-8,10-11,14-19H2,1-6H3,(H,42,46)(H,43,45). The molecule has 0 aliphatic heterocycles. The maximum absolute atomic E-state index is 14.1. The molecule has 4 aliphatic carbocycles. The first kappa shape index (κ1) is 34.0. The first-order chi connectivity index (χ1) is 23.0. The number of hydrogen-bond donors (Lipinski definition) is 2. The van der Waals surface area contributed by atoms with Gasteiger partial charge in [0, 0.05) is 36.0 Å². The van der Waals surface area contributed by atoms with Crippen molar-refractivity contribution in [3.63, 3.8) is 0 Å². The number of aromatic nitrogens is 3. The molecule has 2 N–H and O–H groups in total. The molecular formula is C39H53N5O4. The van der Waals surface area contributed by atoms with Gasteiger partial charge in [-0.25, -0.2) is 4.79 Å². The van der Waals surface area contributed by atoms with E-state index >= 15 is 0 Å². The van der Waals surface area contributed by atoms with Crippen LogP contribution in [0.4, 0.5) is 4.79 Å². The van der Waals surface area contributed by atoms with Crippen LogP contribution in [0.25, 0.3) is 11.1 Å². The van der Waals surface area contributed by atoms with E-state index in [1.54, 1.807) is 7.11 Å². The minimum absolute atomic E-state index is 0.0335. The number of ether oxygens (including phenoxy) is 2. The van der Waals surface area contributed by atoms with Crippen molar-refractivity contribution in [2.45, 2.75) is 128 Å². The number of carbonyl (C=O) groups is 2. The van der Waals surface area contributed by atoms with Gasteiger partial charge in [0.25, 0.3) is 0 Å². The SMILES string of the molecule is COc1ccc(C23CCC(C(NC(=O)C4CCC(NC(=O)OC(C)C)CC4)c4cc(-c5cnn(C(C)C)c5)ccn4)(CC2)CC3)cc1C. The van der Waals surface area contributed by atoms with Gasteiger partial charge >= 0.3 is 6.09 Å². The lowest BCUT2D eigenvalue weighted by atomic mass is 9.49. The highest BCUT2D eigenvalue weighted by molar-refractivity contribution is 5.79. The van der Waals surface area contributed by atoms with Crippen molar-refractivity contribution in [1.82, 2.24) is 25.4 Å². The molecule has 3 aromatic rings. The zero-order valence-corrected chi connectivity index (χ0v) is 29.6. The maximum atomic E-state index is 14.1. The highest BCUT2D eigenvalue weighted by atomic mass is 16.6. The average Bonchev–Trinajstić information content (AvgIpc) is 3.59. The molecule has 4 fully saturated rings. The van der Waals surface area contributed by atoms with E-state index in [-0.39, 0.29) is 53.0 Å². The topological polar surface area (TPSA) is 107 Å². The lowest BCUT2D eigenvalue weighted by Crippen LogP contribution is -2.52. The van der Waals surface area contributed by atoms with Crippen LogP contribution in [0.3, 0.4) is 0 Å². The summed E-state index contributed by atoms with van der Waals surface area (Å²) in [6.07, 6.45) is 14.7. The molecule has 9 heteroatoms. The fourth-order valence-electron chi connectivity index (χ4n) is 8.56. The van der Waals surface area contributed by atoms with Gasteiger partial charge in [-0.3, -0.25) is 14.5 Å². The van der Waals surface area contributed by atoms with E-state index in [0.717, 1.165) is 86.8 Å². The van der Waals surface area contributed by atoms with Gasteiger partial charge in [-0.15, -0.1) is 0 Å². The van der Waals surface area contributed by atoms with Crippen LogP contribution >= 0.6 is 0 Å². The smallest absolute Gasteiger partial charge is 0.407 e. The Bertz CT molecular complexity index is 1580. The van der Waals surface area contributed by atoms with Crippen LogP contribution in [0.15, 0.2) is 48.9 Å². The number of amides is 2. The number of nitrogens with one attached hydrogen (secondary N) is 2. The lowest BCUT2D eigenvalue weighted by molar-refractivity contribution is -0.129. The van der Waals surface area contributed by atoms with Crippen molar-refractivity contribution in [2.24, 2.45) is 11.3 Å². The van der Waals surface area contributed by atoms with Gasteiger partial charge in [0.05, 0.1) is 31.1 Å². The molecule has 4 saturated carbocycles. The number of carbonyl (C=O) groups excluding carboxylic acids is 2. The molecule has 2 bridgehead atoms. The summed E-state index contributed by atoms with van der Waals surface area (Å²) in [5.41, 5.74) is 5.75. The quantitative estimate of drug-likeness (QED) is 0.229. The van der Waals surface area contributed by atoms with Crippen LogP contribution in [-0.4, -0.2) is 46.0 Å². The van der Waals surface area contributed by atoms with E-state index in [9.17, 15) is 9.59 Å². The maximum Gasteiger partial charge on any atom is 0.407 e. The Balaban J connectivity index is 1.23. The summed E-state index contributed by atoms with van der Waals surface area (Å²) in [6, 6.07) is 11.0. The molecule has 0 spiro atoms. The first-order valence-corrected chi connectivity index (χ1v) is 17.9. The highest BCUT2D eigenvalue weighted by Gasteiger charge is 2.54. The van der Waals surface area contributed by atoms with Crippen LogP contribution in [0.1, 0.15) is 121 Å². The van der Waals surface area contributed by atoms with Crippen molar-refractivity contribution in [2.75, 3.05) is 7.11 Å². The Morgan fingerprint density at radius 2 is 1.65 bits per heavy atom. The van der Waals surface area contributed by atoms with Gasteiger partial charge in [0.1, 0.15) is 5.75 Å². The molecule has 2 amide bonds. The number of nitrogens with zero attached hydrogens (tertiary/aromatic N) is 3. The molecule has 2 heterocycles. The fraction of sp³-hybridized carbons (Fsp3) is 0.590. The van der Waals surface area contributed by atoms with E-state index in [0.29, 0.717) is 0 Å². The van der Waals surface area contributed by atoms with E-state index < -0.39 is 0 Å². The minimum Gasteiger partial charge on any atom is -0.496 e. The Morgan fingerprint density at radius 1 is 0.938 bits per heavy atom. The zero-order chi connectivity index (χ0) is 34.1. The van der Waals surface area contributed by atoms with Gasteiger partial charge in [0.15, 0.2) is 0 Å². The summed E-state index contributed by atoms with van der Waals surface area (Å²) >= 11 is 0. The summed E-state index contributed by atoms with van der Waals surface area (Å²) in [6.45, 7) is 10.1. The van der Waals surface area contributed by atoms with E-state index in [1.165, 1.54) is 11.1 Å². The molecular weight excluding hydrogens is 602 g/mol. The van der Waals surface area contributed by atoms with E-state index in [2.05, 4.69) is 67.0 Å². The highest BCUT2D eigenvalue weighted by Crippen LogP contribution is 2.62. The fourth-order valence-corrected chi connectivity index (χ4v) is 8.56. The molecule has 0 saturated heterocycles. The summed E-state index contributed by atoms with van der Waals surface area (Å²) in [5.74, 6) is 0.943. The van der Waals surface area contributed by atoms with Gasteiger partial charge in [0.2, 0.25) is 5.91 Å². The van der Waals surface area contributed by atoms with Crippen LogP contribution < -0.4 is 15.4 Å². The largest absolute Gasteiger partial charge is 0.496 e. The molecule has 2 aromatic heterocycles. The Kier molecular flexibility index (Phi) is 9.86. The summed E-state index contributed by atoms with van der Waals surface area (Å²) < 4.78 is 12.8. The second-order valence-corrected chi connectivity index (χ2v) is 15.2. The van der Waals surface area contributed by atoms with Crippen LogP contribution in [0, 0.1) is 18.3 Å². The summed E-state index contributed by atoms with van der Waals surface area (Å²) in [5, 5.41) is 11.2. The van der Waals surface area contributed by atoms with Gasteiger partial charge in [-0.1, -0.05) is 12.1 Å². The second-order valence-electron chi connectivity index (χ2n) is 15.2. The lowest BCUT2D eigenvalue weighted by Gasteiger charge is -2.56. The van der Waals surface area contributed by atoms with Gasteiger partial charge in [-0.2, -0.15) is 5.10 Å². The van der Waals surface area contributed by atoms with E-state index in [4.69, 9.17) is 14.5 Å². The molecule has 48 heavy (non-hydrogen) atoms. The number of aryl methyl sites for hydroxylation is 1. The first-order valence-electron chi connectivity index (χ1n) is 17.9. The van der Waals surface area contributed by atoms with Gasteiger partial charge in [-0.05, 0) is 145 Å². The van der Waals surface area contributed by atoms with Gasteiger partial charge < -0.3 is 20.1 Å². The van der Waals surface area contributed by atoms with Crippen molar-refractivity contribution >= 4 is 12.0 Å². The minimum atomic E-state index is -0.377. The van der Waals surface area contributed by atoms with E-state index in [1.807, 2.05) is 37.0 Å². The predicted molar refractivity (Wildman–Crippen MR) is 187 cm³/mol. The number of hydrogen-bond acceptors (Lipinski definition) is 6. The Morgan fingerprint density at radius 3 is 2.25 bits per heavy atom. The summed E-state index contributed by atoms with van der Waals surface area (Å²) in [7, 11) is 1.73. The molecule has 1 unspecified atom stereocenters. The second kappa shape index (κ2) is 13.9. The number of rotatable bonds is 10. The monoisotopic (exact) mass is 655 g/mol. The third kappa shape index (κ3) is 6.96. The van der Waals surface area contributed by atoms with Crippen molar-refractivity contribution < 1.29 is 19.1 Å².